The van der Waals surface area contributed by atoms with Gasteiger partial charge >= 0.3 is 5.97 Å². The van der Waals surface area contributed by atoms with Gasteiger partial charge < -0.3 is 4.74 Å². The Balaban J connectivity index is 2.02. The second-order valence-corrected chi connectivity index (χ2v) is 8.66. The molecule has 21 heavy (non-hydrogen) atoms. The molecule has 0 aromatic rings. The molecule has 1 saturated heterocycles. The first kappa shape index (κ1) is 15.1. The summed E-state index contributed by atoms with van der Waals surface area (Å²) in [6.07, 6.45) is 8.03. The third-order valence-corrected chi connectivity index (χ3v) is 7.40. The van der Waals surface area contributed by atoms with E-state index in [2.05, 4.69) is 34.3 Å². The Bertz CT molecular complexity index is 462. The van der Waals surface area contributed by atoms with Gasteiger partial charge in [0.05, 0.1) is 0 Å². The molecule has 0 unspecified atom stereocenters. The maximum absolute atomic E-state index is 12.1. The van der Waals surface area contributed by atoms with Crippen molar-refractivity contribution in [2.45, 2.75) is 78.2 Å². The highest BCUT2D eigenvalue weighted by atomic mass is 16.6. The van der Waals surface area contributed by atoms with Crippen LogP contribution in [0.2, 0.25) is 0 Å². The van der Waals surface area contributed by atoms with Gasteiger partial charge in [0.2, 0.25) is 0 Å². The first-order valence-corrected chi connectivity index (χ1v) is 8.64. The fraction of sp³-hybridized carbons (Fsp3) is 0.842. The molecule has 3 fully saturated rings. The zero-order valence-electron chi connectivity index (χ0n) is 14.1. The standard InChI is InChI=1S/C19H30O2/c1-13(2)15-7-10-17(4)8-6-9-19(18(17,5)12-15)11-14(3)16(20)21-19/h13,15H,3,6-12H2,1-2,4-5H3/t15-,17-,18+,19-/m0/s1. The number of ether oxygens (including phenoxy) is 1. The highest BCUT2D eigenvalue weighted by molar-refractivity contribution is 5.90. The van der Waals surface area contributed by atoms with Crippen molar-refractivity contribution < 1.29 is 9.53 Å². The van der Waals surface area contributed by atoms with Crippen LogP contribution in [-0.2, 0) is 9.53 Å². The maximum atomic E-state index is 12.1. The third-order valence-electron chi connectivity index (χ3n) is 7.40. The zero-order valence-corrected chi connectivity index (χ0v) is 14.1. The van der Waals surface area contributed by atoms with E-state index < -0.39 is 0 Å². The monoisotopic (exact) mass is 290 g/mol. The average Bonchev–Trinajstić information content (AvgIpc) is 2.68. The van der Waals surface area contributed by atoms with E-state index in [9.17, 15) is 4.79 Å². The molecule has 0 N–H and O–H groups in total. The van der Waals surface area contributed by atoms with Gasteiger partial charge in [0.15, 0.2) is 0 Å². The SMILES string of the molecule is C=C1C[C@]2(CCC[C@@]3(C)CC[C@H](C(C)C)C[C@]32C)OC1=O. The second-order valence-electron chi connectivity index (χ2n) is 8.66. The van der Waals surface area contributed by atoms with Gasteiger partial charge in [0, 0.05) is 17.4 Å². The number of carbonyl (C=O) groups is 1. The van der Waals surface area contributed by atoms with E-state index in [0.717, 1.165) is 18.8 Å². The van der Waals surface area contributed by atoms with E-state index in [-0.39, 0.29) is 17.0 Å². The number of fused-ring (bicyclic) bond motifs is 2. The predicted molar refractivity (Wildman–Crippen MR) is 84.8 cm³/mol. The Labute approximate surface area is 129 Å². The van der Waals surface area contributed by atoms with E-state index in [1.54, 1.807) is 0 Å². The topological polar surface area (TPSA) is 26.3 Å². The van der Waals surface area contributed by atoms with Crippen LogP contribution in [0.25, 0.3) is 0 Å². The summed E-state index contributed by atoms with van der Waals surface area (Å²) in [4.78, 5) is 12.1. The lowest BCUT2D eigenvalue weighted by Gasteiger charge is -2.63. The van der Waals surface area contributed by atoms with E-state index in [1.165, 1.54) is 32.1 Å². The lowest BCUT2D eigenvalue weighted by molar-refractivity contribution is -0.210. The minimum Gasteiger partial charge on any atom is -0.455 e. The Hall–Kier alpha value is -0.790. The van der Waals surface area contributed by atoms with Crippen LogP contribution in [0.4, 0.5) is 0 Å². The van der Waals surface area contributed by atoms with Crippen molar-refractivity contribution in [1.82, 2.24) is 0 Å². The molecular formula is C19H30O2. The molecule has 0 amide bonds. The summed E-state index contributed by atoms with van der Waals surface area (Å²) in [6, 6.07) is 0. The van der Waals surface area contributed by atoms with Gasteiger partial charge in [-0.15, -0.1) is 0 Å². The summed E-state index contributed by atoms with van der Waals surface area (Å²) in [5.41, 5.74) is 0.816. The van der Waals surface area contributed by atoms with Crippen LogP contribution in [0.5, 0.6) is 0 Å². The summed E-state index contributed by atoms with van der Waals surface area (Å²) in [5, 5.41) is 0. The lowest BCUT2D eigenvalue weighted by atomic mass is 9.43. The Kier molecular flexibility index (Phi) is 3.31. The van der Waals surface area contributed by atoms with Crippen LogP contribution in [0.1, 0.15) is 72.6 Å². The fourth-order valence-corrected chi connectivity index (χ4v) is 5.55. The van der Waals surface area contributed by atoms with Crippen LogP contribution >= 0.6 is 0 Å². The molecule has 2 heteroatoms. The molecule has 118 valence electrons. The molecule has 1 aliphatic heterocycles. The van der Waals surface area contributed by atoms with Gasteiger partial charge in [-0.25, -0.2) is 4.79 Å². The second kappa shape index (κ2) is 4.60. The fourth-order valence-electron chi connectivity index (χ4n) is 5.55. The molecule has 2 nitrogen and oxygen atoms in total. The predicted octanol–water partition coefficient (Wildman–Crippen LogP) is 4.88. The van der Waals surface area contributed by atoms with Gasteiger partial charge in [0.25, 0.3) is 0 Å². The van der Waals surface area contributed by atoms with E-state index >= 15 is 0 Å². The summed E-state index contributed by atoms with van der Waals surface area (Å²) in [6.45, 7) is 13.5. The van der Waals surface area contributed by atoms with E-state index in [0.29, 0.717) is 16.9 Å². The molecule has 0 bridgehead atoms. The minimum absolute atomic E-state index is 0.0978. The zero-order chi connectivity index (χ0) is 15.5. The number of hydrogen-bond donors (Lipinski definition) is 0. The van der Waals surface area contributed by atoms with Crippen LogP contribution in [0.3, 0.4) is 0 Å². The van der Waals surface area contributed by atoms with Crippen molar-refractivity contribution in [3.05, 3.63) is 12.2 Å². The van der Waals surface area contributed by atoms with E-state index in [4.69, 9.17) is 4.74 Å². The molecule has 1 heterocycles. The van der Waals surface area contributed by atoms with Crippen LogP contribution in [0.15, 0.2) is 12.2 Å². The van der Waals surface area contributed by atoms with Gasteiger partial charge in [-0.1, -0.05) is 34.3 Å². The lowest BCUT2D eigenvalue weighted by Crippen LogP contribution is -2.61. The first-order chi connectivity index (χ1) is 9.73. The molecule has 1 spiro atoms. The van der Waals surface area contributed by atoms with Crippen LogP contribution in [0, 0.1) is 22.7 Å². The van der Waals surface area contributed by atoms with Gasteiger partial charge in [-0.05, 0) is 55.8 Å². The summed E-state index contributed by atoms with van der Waals surface area (Å²) in [5.74, 6) is 1.32. The molecule has 4 atom stereocenters. The Morgan fingerprint density at radius 3 is 2.52 bits per heavy atom. The molecule has 2 aliphatic carbocycles. The first-order valence-electron chi connectivity index (χ1n) is 8.64. The summed E-state index contributed by atoms with van der Waals surface area (Å²) in [7, 11) is 0. The van der Waals surface area contributed by atoms with Crippen molar-refractivity contribution >= 4 is 5.97 Å². The largest absolute Gasteiger partial charge is 0.455 e. The molecule has 0 aromatic carbocycles. The van der Waals surface area contributed by atoms with Crippen molar-refractivity contribution in [3.8, 4) is 0 Å². The molecule has 2 saturated carbocycles. The summed E-state index contributed by atoms with van der Waals surface area (Å²) < 4.78 is 6.03. The molecule has 3 aliphatic rings. The van der Waals surface area contributed by atoms with E-state index in [1.807, 2.05) is 0 Å². The number of rotatable bonds is 1. The van der Waals surface area contributed by atoms with Crippen LogP contribution in [-0.4, -0.2) is 11.6 Å². The molecule has 0 radical (unpaired) electrons. The number of carbonyl (C=O) groups excluding carboxylic acids is 1. The van der Waals surface area contributed by atoms with Gasteiger partial charge in [-0.2, -0.15) is 0 Å². The normalized spacial score (nSPS) is 46.8. The molecule has 0 aromatic heterocycles. The number of esters is 1. The van der Waals surface area contributed by atoms with Crippen molar-refractivity contribution in [1.29, 1.82) is 0 Å². The smallest absolute Gasteiger partial charge is 0.334 e. The summed E-state index contributed by atoms with van der Waals surface area (Å²) >= 11 is 0. The Morgan fingerprint density at radius 1 is 1.24 bits per heavy atom. The highest BCUT2D eigenvalue weighted by Gasteiger charge is 2.66. The van der Waals surface area contributed by atoms with Crippen molar-refractivity contribution in [2.75, 3.05) is 0 Å². The quantitative estimate of drug-likeness (QED) is 0.508. The maximum Gasteiger partial charge on any atom is 0.334 e. The van der Waals surface area contributed by atoms with Crippen molar-refractivity contribution in [2.24, 2.45) is 22.7 Å². The highest BCUT2D eigenvalue weighted by Crippen LogP contribution is 2.67. The minimum atomic E-state index is -0.276. The molecule has 3 rings (SSSR count). The average molecular weight is 290 g/mol. The van der Waals surface area contributed by atoms with Crippen LogP contribution < -0.4 is 0 Å². The van der Waals surface area contributed by atoms with Gasteiger partial charge in [-0.3, -0.25) is 0 Å². The number of hydrogen-bond acceptors (Lipinski definition) is 2. The molecular weight excluding hydrogens is 260 g/mol. The Morgan fingerprint density at radius 2 is 1.95 bits per heavy atom. The van der Waals surface area contributed by atoms with Crippen molar-refractivity contribution in [3.63, 3.8) is 0 Å². The third kappa shape index (κ3) is 1.94. The van der Waals surface area contributed by atoms with Gasteiger partial charge in [0.1, 0.15) is 5.60 Å².